The Bertz CT molecular complexity index is 967. The topological polar surface area (TPSA) is 64.1 Å². The van der Waals surface area contributed by atoms with Crippen LogP contribution in [0.3, 0.4) is 0 Å². The van der Waals surface area contributed by atoms with Gasteiger partial charge in [0.2, 0.25) is 5.75 Å². The van der Waals surface area contributed by atoms with Crippen LogP contribution in [0.25, 0.3) is 10.2 Å². The molecule has 3 rings (SSSR count). The van der Waals surface area contributed by atoms with Crippen LogP contribution in [0.1, 0.15) is 16.8 Å². The van der Waals surface area contributed by atoms with E-state index in [9.17, 15) is 4.79 Å². The lowest BCUT2D eigenvalue weighted by Gasteiger charge is -2.22. The molecule has 1 amide bonds. The van der Waals surface area contributed by atoms with E-state index in [4.69, 9.17) is 19.2 Å². The Hall–Kier alpha value is -2.55. The van der Waals surface area contributed by atoms with E-state index in [1.54, 1.807) is 17.0 Å². The number of para-hydroxylation sites is 1. The van der Waals surface area contributed by atoms with Crippen molar-refractivity contribution in [2.24, 2.45) is 0 Å². The van der Waals surface area contributed by atoms with Crippen molar-refractivity contribution in [2.75, 3.05) is 53.4 Å². The predicted molar refractivity (Wildman–Crippen MR) is 128 cm³/mol. The summed E-state index contributed by atoms with van der Waals surface area (Å²) in [5.74, 6) is 1.18. The first-order valence-electron chi connectivity index (χ1n) is 9.60. The van der Waals surface area contributed by atoms with E-state index in [0.29, 0.717) is 34.5 Å². The van der Waals surface area contributed by atoms with Gasteiger partial charge in [-0.3, -0.25) is 9.69 Å². The normalized spacial score (nSPS) is 10.6. The number of methoxy groups -OCH3 is 3. The second kappa shape index (κ2) is 11.2. The zero-order chi connectivity index (χ0) is 21.7. The van der Waals surface area contributed by atoms with Crippen LogP contribution in [0.4, 0.5) is 5.13 Å². The van der Waals surface area contributed by atoms with Gasteiger partial charge in [-0.15, -0.1) is 12.4 Å². The fourth-order valence-electron chi connectivity index (χ4n) is 3.17. The van der Waals surface area contributed by atoms with Crippen molar-refractivity contribution < 1.29 is 19.0 Å². The van der Waals surface area contributed by atoms with Crippen molar-refractivity contribution in [1.82, 2.24) is 9.88 Å². The number of thiazole rings is 1. The standard InChI is InChI=1S/C22H27N3O4S.ClH/c1-24(2)11-8-12-25(22-23-16-9-6-7-10-19(16)30-22)21(26)15-13-17(27-3)20(29-5)18(14-15)28-4;/h6-7,9-10,13-14H,8,11-12H2,1-5H3;1H. The number of benzene rings is 2. The summed E-state index contributed by atoms with van der Waals surface area (Å²) in [7, 11) is 8.64. The molecule has 0 unspecified atom stereocenters. The van der Waals surface area contributed by atoms with E-state index < -0.39 is 0 Å². The van der Waals surface area contributed by atoms with Gasteiger partial charge in [-0.1, -0.05) is 23.5 Å². The molecule has 0 spiro atoms. The molecule has 0 bridgehead atoms. The third kappa shape index (κ3) is 5.58. The third-order valence-corrected chi connectivity index (χ3v) is 5.72. The number of ether oxygens (including phenoxy) is 3. The number of hydrogen-bond acceptors (Lipinski definition) is 7. The Balaban J connectivity index is 0.00000341. The third-order valence-electron chi connectivity index (χ3n) is 4.66. The summed E-state index contributed by atoms with van der Waals surface area (Å²) in [5, 5.41) is 0.675. The van der Waals surface area contributed by atoms with E-state index in [1.807, 2.05) is 38.4 Å². The van der Waals surface area contributed by atoms with E-state index in [0.717, 1.165) is 23.2 Å². The summed E-state index contributed by atoms with van der Waals surface area (Å²) < 4.78 is 17.3. The zero-order valence-electron chi connectivity index (χ0n) is 18.4. The van der Waals surface area contributed by atoms with E-state index in [1.165, 1.54) is 32.7 Å². The summed E-state index contributed by atoms with van der Waals surface area (Å²) in [6, 6.07) is 11.2. The summed E-state index contributed by atoms with van der Waals surface area (Å²) >= 11 is 1.51. The molecule has 168 valence electrons. The molecule has 1 aromatic heterocycles. The Kier molecular flexibility index (Phi) is 8.91. The number of aromatic nitrogens is 1. The van der Waals surface area contributed by atoms with E-state index in [2.05, 4.69) is 4.90 Å². The Morgan fingerprint density at radius 1 is 1.00 bits per heavy atom. The first kappa shape index (κ1) is 24.7. The number of carbonyl (C=O) groups excluding carboxylic acids is 1. The van der Waals surface area contributed by atoms with Crippen molar-refractivity contribution >= 4 is 45.0 Å². The molecule has 9 heteroatoms. The van der Waals surface area contributed by atoms with Gasteiger partial charge in [0.05, 0.1) is 31.5 Å². The van der Waals surface area contributed by atoms with Crippen LogP contribution in [0.5, 0.6) is 17.2 Å². The highest BCUT2D eigenvalue weighted by Crippen LogP contribution is 2.39. The molecule has 31 heavy (non-hydrogen) atoms. The van der Waals surface area contributed by atoms with Gasteiger partial charge in [0.1, 0.15) is 0 Å². The van der Waals surface area contributed by atoms with Crippen LogP contribution in [0.15, 0.2) is 36.4 Å². The first-order chi connectivity index (χ1) is 14.5. The highest BCUT2D eigenvalue weighted by molar-refractivity contribution is 7.22. The quantitative estimate of drug-likeness (QED) is 0.468. The maximum atomic E-state index is 13.6. The van der Waals surface area contributed by atoms with Crippen LogP contribution in [-0.4, -0.2) is 64.3 Å². The molecule has 0 aliphatic rings. The van der Waals surface area contributed by atoms with Gasteiger partial charge in [0.15, 0.2) is 16.6 Å². The highest BCUT2D eigenvalue weighted by Gasteiger charge is 2.24. The van der Waals surface area contributed by atoms with E-state index >= 15 is 0 Å². The number of halogens is 1. The van der Waals surface area contributed by atoms with Crippen molar-refractivity contribution in [3.63, 3.8) is 0 Å². The van der Waals surface area contributed by atoms with Crippen LogP contribution in [-0.2, 0) is 0 Å². The Labute approximate surface area is 192 Å². The number of nitrogens with zero attached hydrogens (tertiary/aromatic N) is 3. The predicted octanol–water partition coefficient (Wildman–Crippen LogP) is 4.34. The van der Waals surface area contributed by atoms with Gasteiger partial charge in [-0.2, -0.15) is 0 Å². The van der Waals surface area contributed by atoms with Crippen molar-refractivity contribution in [2.45, 2.75) is 6.42 Å². The van der Waals surface area contributed by atoms with Gasteiger partial charge in [-0.25, -0.2) is 4.98 Å². The highest BCUT2D eigenvalue weighted by atomic mass is 35.5. The molecule has 0 atom stereocenters. The molecule has 0 saturated heterocycles. The monoisotopic (exact) mass is 465 g/mol. The van der Waals surface area contributed by atoms with Gasteiger partial charge >= 0.3 is 0 Å². The molecule has 0 saturated carbocycles. The molecule has 0 aliphatic heterocycles. The number of amides is 1. The number of carbonyl (C=O) groups is 1. The molecule has 7 nitrogen and oxygen atoms in total. The minimum Gasteiger partial charge on any atom is -0.493 e. The van der Waals surface area contributed by atoms with Crippen LogP contribution in [0, 0.1) is 0 Å². The Morgan fingerprint density at radius 2 is 1.65 bits per heavy atom. The minimum atomic E-state index is -0.160. The van der Waals surface area contributed by atoms with Gasteiger partial charge in [0.25, 0.3) is 5.91 Å². The van der Waals surface area contributed by atoms with Crippen LogP contribution in [0.2, 0.25) is 0 Å². The summed E-state index contributed by atoms with van der Waals surface area (Å²) in [4.78, 5) is 22.1. The summed E-state index contributed by atoms with van der Waals surface area (Å²) in [6.07, 6.45) is 0.819. The lowest BCUT2D eigenvalue weighted by Crippen LogP contribution is -2.33. The lowest BCUT2D eigenvalue weighted by molar-refractivity contribution is 0.0985. The fourth-order valence-corrected chi connectivity index (χ4v) is 4.15. The molecule has 0 N–H and O–H groups in total. The van der Waals surface area contributed by atoms with Crippen molar-refractivity contribution in [1.29, 1.82) is 0 Å². The maximum Gasteiger partial charge on any atom is 0.260 e. The smallest absolute Gasteiger partial charge is 0.260 e. The molecule has 0 aliphatic carbocycles. The minimum absolute atomic E-state index is 0. The van der Waals surface area contributed by atoms with Crippen LogP contribution < -0.4 is 19.1 Å². The largest absolute Gasteiger partial charge is 0.493 e. The first-order valence-corrected chi connectivity index (χ1v) is 10.4. The van der Waals surface area contributed by atoms with Gasteiger partial charge in [-0.05, 0) is 51.3 Å². The van der Waals surface area contributed by atoms with E-state index in [-0.39, 0.29) is 18.3 Å². The second-order valence-corrected chi connectivity index (χ2v) is 8.00. The fraction of sp³-hybridized carbons (Fsp3) is 0.364. The van der Waals surface area contributed by atoms with Gasteiger partial charge in [0, 0.05) is 12.1 Å². The Morgan fingerprint density at radius 3 is 2.19 bits per heavy atom. The maximum absolute atomic E-state index is 13.6. The number of fused-ring (bicyclic) bond motifs is 1. The molecular weight excluding hydrogens is 438 g/mol. The van der Waals surface area contributed by atoms with Crippen LogP contribution >= 0.6 is 23.7 Å². The summed E-state index contributed by atoms with van der Waals surface area (Å²) in [6.45, 7) is 1.41. The molecule has 0 fully saturated rings. The summed E-state index contributed by atoms with van der Waals surface area (Å²) in [5.41, 5.74) is 1.33. The van der Waals surface area contributed by atoms with Crippen molar-refractivity contribution in [3.05, 3.63) is 42.0 Å². The molecule has 1 heterocycles. The molecular formula is C22H28ClN3O4S. The zero-order valence-corrected chi connectivity index (χ0v) is 20.0. The number of anilines is 1. The molecule has 2 aromatic carbocycles. The SMILES string of the molecule is COc1cc(C(=O)N(CCCN(C)C)c2nc3ccccc3s2)cc(OC)c1OC.Cl. The molecule has 3 aromatic rings. The second-order valence-electron chi connectivity index (χ2n) is 6.99. The average molecular weight is 466 g/mol. The number of rotatable bonds is 9. The number of hydrogen-bond donors (Lipinski definition) is 0. The average Bonchev–Trinajstić information content (AvgIpc) is 3.18. The molecule has 0 radical (unpaired) electrons. The van der Waals surface area contributed by atoms with Gasteiger partial charge < -0.3 is 19.1 Å². The lowest BCUT2D eigenvalue weighted by atomic mass is 10.1. The van der Waals surface area contributed by atoms with Crippen molar-refractivity contribution in [3.8, 4) is 17.2 Å².